The summed E-state index contributed by atoms with van der Waals surface area (Å²) in [4.78, 5) is 4.92. The molecule has 1 saturated heterocycles. The van der Waals surface area contributed by atoms with Crippen molar-refractivity contribution in [1.82, 2.24) is 4.90 Å². The predicted molar refractivity (Wildman–Crippen MR) is 78.0 cm³/mol. The van der Waals surface area contributed by atoms with Crippen LogP contribution in [-0.4, -0.2) is 37.6 Å². The van der Waals surface area contributed by atoms with E-state index in [9.17, 15) is 0 Å². The van der Waals surface area contributed by atoms with E-state index in [0.29, 0.717) is 5.88 Å². The summed E-state index contributed by atoms with van der Waals surface area (Å²) in [6.45, 7) is 7.86. The van der Waals surface area contributed by atoms with E-state index in [2.05, 4.69) is 50.9 Å². The second kappa shape index (κ2) is 6.07. The number of anilines is 1. The molecule has 4 heteroatoms. The first-order chi connectivity index (χ1) is 8.24. The second-order valence-corrected chi connectivity index (χ2v) is 5.51. The topological polar surface area (TPSA) is 6.48 Å². The Balaban J connectivity index is 2.12. The Kier molecular flexibility index (Phi) is 4.71. The van der Waals surface area contributed by atoms with Gasteiger partial charge in [-0.3, -0.25) is 0 Å². The van der Waals surface area contributed by atoms with Crippen molar-refractivity contribution in [2.45, 2.75) is 12.8 Å². The van der Waals surface area contributed by atoms with Crippen LogP contribution >= 0.6 is 27.5 Å². The van der Waals surface area contributed by atoms with Crippen LogP contribution < -0.4 is 4.90 Å². The Morgan fingerprint density at radius 1 is 1.24 bits per heavy atom. The third-order valence-corrected chi connectivity index (χ3v) is 4.13. The first-order valence-corrected chi connectivity index (χ1v) is 7.39. The van der Waals surface area contributed by atoms with Gasteiger partial charge in [0, 0.05) is 42.2 Å². The largest absolute Gasteiger partial charge is 0.369 e. The third-order valence-electron chi connectivity index (χ3n) is 3.35. The minimum Gasteiger partial charge on any atom is -0.369 e. The molecule has 0 saturated carbocycles. The van der Waals surface area contributed by atoms with Gasteiger partial charge in [0.1, 0.15) is 0 Å². The molecule has 1 heterocycles. The van der Waals surface area contributed by atoms with Gasteiger partial charge in [-0.15, -0.1) is 11.6 Å². The maximum absolute atomic E-state index is 6.02. The quantitative estimate of drug-likeness (QED) is 0.789. The maximum atomic E-state index is 6.02. The number of piperazine rings is 1. The molecule has 0 amide bonds. The molecule has 1 aromatic rings. The number of likely N-dealkylation sites (N-methyl/N-ethyl adjacent to an activating group) is 1. The molecular formula is C13H18BrClN2. The van der Waals surface area contributed by atoms with Crippen molar-refractivity contribution in [2.24, 2.45) is 0 Å². The van der Waals surface area contributed by atoms with E-state index in [0.717, 1.165) is 37.2 Å². The zero-order valence-electron chi connectivity index (χ0n) is 10.1. The molecule has 1 aliphatic heterocycles. The molecule has 94 valence electrons. The number of alkyl halides is 1. The molecule has 0 radical (unpaired) electrons. The molecule has 0 unspecified atom stereocenters. The lowest BCUT2D eigenvalue weighted by Crippen LogP contribution is -2.46. The molecule has 0 atom stereocenters. The molecule has 0 N–H and O–H groups in total. The van der Waals surface area contributed by atoms with Gasteiger partial charge in [-0.1, -0.05) is 22.9 Å². The van der Waals surface area contributed by atoms with Crippen molar-refractivity contribution in [3.8, 4) is 0 Å². The fourth-order valence-electron chi connectivity index (χ4n) is 2.27. The first kappa shape index (κ1) is 13.2. The molecule has 2 rings (SSSR count). The molecule has 1 aliphatic rings. The summed E-state index contributed by atoms with van der Waals surface area (Å²) in [7, 11) is 0. The Labute approximate surface area is 117 Å². The molecule has 17 heavy (non-hydrogen) atoms. The zero-order chi connectivity index (χ0) is 12.3. The van der Waals surface area contributed by atoms with Gasteiger partial charge >= 0.3 is 0 Å². The highest BCUT2D eigenvalue weighted by molar-refractivity contribution is 9.10. The van der Waals surface area contributed by atoms with Crippen LogP contribution in [0.4, 0.5) is 5.69 Å². The summed E-state index contributed by atoms with van der Waals surface area (Å²) >= 11 is 9.52. The van der Waals surface area contributed by atoms with Crippen LogP contribution in [0.25, 0.3) is 0 Å². The molecular weight excluding hydrogens is 300 g/mol. The number of benzene rings is 1. The van der Waals surface area contributed by atoms with E-state index >= 15 is 0 Å². The minimum absolute atomic E-state index is 0.572. The minimum atomic E-state index is 0.572. The monoisotopic (exact) mass is 316 g/mol. The highest BCUT2D eigenvalue weighted by atomic mass is 79.9. The van der Waals surface area contributed by atoms with Crippen LogP contribution in [0.2, 0.25) is 0 Å². The lowest BCUT2D eigenvalue weighted by molar-refractivity contribution is 0.271. The van der Waals surface area contributed by atoms with Gasteiger partial charge in [0.25, 0.3) is 0 Å². The van der Waals surface area contributed by atoms with E-state index in [1.165, 1.54) is 11.3 Å². The van der Waals surface area contributed by atoms with Crippen molar-refractivity contribution in [1.29, 1.82) is 0 Å². The Bertz CT molecular complexity index is 376. The predicted octanol–water partition coefficient (Wildman–Crippen LogP) is 3.33. The van der Waals surface area contributed by atoms with E-state index in [1.807, 2.05) is 0 Å². The fourth-order valence-corrected chi connectivity index (χ4v) is 2.90. The number of nitrogens with zero attached hydrogens (tertiary/aromatic N) is 2. The average Bonchev–Trinajstić information content (AvgIpc) is 2.39. The number of hydrogen-bond donors (Lipinski definition) is 0. The van der Waals surface area contributed by atoms with Crippen LogP contribution in [-0.2, 0) is 5.88 Å². The van der Waals surface area contributed by atoms with Crippen LogP contribution in [0.5, 0.6) is 0 Å². The Morgan fingerprint density at radius 2 is 1.94 bits per heavy atom. The number of hydrogen-bond acceptors (Lipinski definition) is 2. The SMILES string of the molecule is CCN1CCN(c2ccc(Br)cc2CCl)CC1. The van der Waals surface area contributed by atoms with E-state index in [4.69, 9.17) is 11.6 Å². The summed E-state index contributed by atoms with van der Waals surface area (Å²) in [6, 6.07) is 6.38. The zero-order valence-corrected chi connectivity index (χ0v) is 12.5. The lowest BCUT2D eigenvalue weighted by atomic mass is 10.1. The van der Waals surface area contributed by atoms with Crippen molar-refractivity contribution >= 4 is 33.2 Å². The Hall–Kier alpha value is -0.250. The molecule has 0 spiro atoms. The third kappa shape index (κ3) is 3.15. The normalized spacial score (nSPS) is 17.5. The van der Waals surface area contributed by atoms with Crippen molar-refractivity contribution < 1.29 is 0 Å². The van der Waals surface area contributed by atoms with Crippen LogP contribution in [0.3, 0.4) is 0 Å². The molecule has 1 aromatic carbocycles. The van der Waals surface area contributed by atoms with E-state index < -0.39 is 0 Å². The van der Waals surface area contributed by atoms with E-state index in [-0.39, 0.29) is 0 Å². The smallest absolute Gasteiger partial charge is 0.0494 e. The molecule has 1 fully saturated rings. The molecule has 2 nitrogen and oxygen atoms in total. The first-order valence-electron chi connectivity index (χ1n) is 6.06. The molecule has 0 aliphatic carbocycles. The summed E-state index contributed by atoms with van der Waals surface area (Å²) in [6.07, 6.45) is 0. The number of halogens is 2. The fraction of sp³-hybridized carbons (Fsp3) is 0.538. The van der Waals surface area contributed by atoms with Gasteiger partial charge in [0.2, 0.25) is 0 Å². The van der Waals surface area contributed by atoms with Gasteiger partial charge in [-0.05, 0) is 30.3 Å². The van der Waals surface area contributed by atoms with Crippen molar-refractivity contribution in [2.75, 3.05) is 37.6 Å². The number of rotatable bonds is 3. The molecule has 0 aromatic heterocycles. The van der Waals surface area contributed by atoms with Crippen LogP contribution in [0.1, 0.15) is 12.5 Å². The van der Waals surface area contributed by atoms with Crippen LogP contribution in [0, 0.1) is 0 Å². The van der Waals surface area contributed by atoms with Gasteiger partial charge < -0.3 is 9.80 Å². The van der Waals surface area contributed by atoms with Gasteiger partial charge in [0.15, 0.2) is 0 Å². The van der Waals surface area contributed by atoms with Crippen molar-refractivity contribution in [3.63, 3.8) is 0 Å². The summed E-state index contributed by atoms with van der Waals surface area (Å²) in [5.74, 6) is 0.572. The standard InChI is InChI=1S/C13H18BrClN2/c1-2-16-5-7-17(8-6-16)13-4-3-12(14)9-11(13)10-15/h3-4,9H,2,5-8,10H2,1H3. The van der Waals surface area contributed by atoms with Gasteiger partial charge in [-0.25, -0.2) is 0 Å². The maximum Gasteiger partial charge on any atom is 0.0494 e. The average molecular weight is 318 g/mol. The summed E-state index contributed by atoms with van der Waals surface area (Å²) in [5, 5.41) is 0. The summed E-state index contributed by atoms with van der Waals surface area (Å²) < 4.78 is 1.10. The second-order valence-electron chi connectivity index (χ2n) is 4.33. The molecule has 0 bridgehead atoms. The lowest BCUT2D eigenvalue weighted by Gasteiger charge is -2.36. The highest BCUT2D eigenvalue weighted by Crippen LogP contribution is 2.26. The highest BCUT2D eigenvalue weighted by Gasteiger charge is 2.17. The Morgan fingerprint density at radius 3 is 2.53 bits per heavy atom. The summed E-state index contributed by atoms with van der Waals surface area (Å²) in [5.41, 5.74) is 2.50. The van der Waals surface area contributed by atoms with Gasteiger partial charge in [0.05, 0.1) is 0 Å². The van der Waals surface area contributed by atoms with Crippen molar-refractivity contribution in [3.05, 3.63) is 28.2 Å². The van der Waals surface area contributed by atoms with Gasteiger partial charge in [-0.2, -0.15) is 0 Å². The van der Waals surface area contributed by atoms with Crippen LogP contribution in [0.15, 0.2) is 22.7 Å². The van der Waals surface area contributed by atoms with E-state index in [1.54, 1.807) is 0 Å².